The van der Waals surface area contributed by atoms with E-state index in [9.17, 15) is 19.8 Å². The Labute approximate surface area is 63.8 Å². The van der Waals surface area contributed by atoms with Crippen molar-refractivity contribution >= 4 is 11.9 Å². The predicted octanol–water partition coefficient (Wildman–Crippen LogP) is -2.10. The molecule has 0 radical (unpaired) electrons. The van der Waals surface area contributed by atoms with E-state index in [-0.39, 0.29) is 6.42 Å². The summed E-state index contributed by atoms with van der Waals surface area (Å²) in [6.45, 7) is 0. The molecule has 4 nitrogen and oxygen atoms in total. The Bertz CT molecular complexity index is 167. The fourth-order valence-corrected chi connectivity index (χ4v) is 1.41. The number of carbonyl (C=O) groups excluding carboxylic acids is 2. The van der Waals surface area contributed by atoms with Gasteiger partial charge in [0.1, 0.15) is 0 Å². The SMILES string of the molecule is O=C([O-])[C@H]1CC[C@H](C(=O)[O-])C1. The first-order valence-electron chi connectivity index (χ1n) is 3.53. The Morgan fingerprint density at radius 1 is 1.00 bits per heavy atom. The summed E-state index contributed by atoms with van der Waals surface area (Å²) >= 11 is 0. The van der Waals surface area contributed by atoms with Gasteiger partial charge in [-0.1, -0.05) is 0 Å². The number of carbonyl (C=O) groups is 2. The summed E-state index contributed by atoms with van der Waals surface area (Å²) < 4.78 is 0. The van der Waals surface area contributed by atoms with Gasteiger partial charge in [0.2, 0.25) is 0 Å². The van der Waals surface area contributed by atoms with Gasteiger partial charge in [0.15, 0.2) is 0 Å². The highest BCUT2D eigenvalue weighted by molar-refractivity contribution is 5.72. The highest BCUT2D eigenvalue weighted by atomic mass is 16.4. The lowest BCUT2D eigenvalue weighted by atomic mass is 10.1. The van der Waals surface area contributed by atoms with E-state index in [1.807, 2.05) is 0 Å². The lowest BCUT2D eigenvalue weighted by Crippen LogP contribution is -2.32. The normalized spacial score (nSPS) is 30.2. The second-order valence-electron chi connectivity index (χ2n) is 2.84. The third-order valence-corrected chi connectivity index (χ3v) is 2.10. The number of hydrogen-bond donors (Lipinski definition) is 0. The van der Waals surface area contributed by atoms with Crippen LogP contribution in [-0.2, 0) is 9.59 Å². The molecule has 1 fully saturated rings. The van der Waals surface area contributed by atoms with Crippen LogP contribution in [0.5, 0.6) is 0 Å². The molecule has 1 saturated carbocycles. The molecule has 0 amide bonds. The Hall–Kier alpha value is -1.06. The molecule has 4 heteroatoms. The Morgan fingerprint density at radius 3 is 1.55 bits per heavy atom. The molecule has 0 saturated heterocycles. The van der Waals surface area contributed by atoms with Crippen molar-refractivity contribution in [2.24, 2.45) is 11.8 Å². The molecule has 0 aliphatic heterocycles. The first-order chi connectivity index (χ1) is 5.11. The predicted molar refractivity (Wildman–Crippen MR) is 30.8 cm³/mol. The summed E-state index contributed by atoms with van der Waals surface area (Å²) in [5, 5.41) is 20.5. The summed E-state index contributed by atoms with van der Waals surface area (Å²) in [6, 6.07) is 0. The molecule has 0 heterocycles. The van der Waals surface area contributed by atoms with E-state index < -0.39 is 23.8 Å². The van der Waals surface area contributed by atoms with E-state index in [0.29, 0.717) is 12.8 Å². The first kappa shape index (κ1) is 8.04. The largest absolute Gasteiger partial charge is 0.550 e. The molecule has 0 aromatic rings. The Kier molecular flexibility index (Phi) is 2.12. The van der Waals surface area contributed by atoms with Gasteiger partial charge in [0.25, 0.3) is 0 Å². The zero-order valence-corrected chi connectivity index (χ0v) is 5.91. The van der Waals surface area contributed by atoms with Crippen molar-refractivity contribution in [1.29, 1.82) is 0 Å². The van der Waals surface area contributed by atoms with Gasteiger partial charge in [-0.05, 0) is 31.1 Å². The van der Waals surface area contributed by atoms with Crippen LogP contribution in [-0.4, -0.2) is 11.9 Å². The molecule has 0 aromatic heterocycles. The highest BCUT2D eigenvalue weighted by Crippen LogP contribution is 2.29. The van der Waals surface area contributed by atoms with Gasteiger partial charge in [0, 0.05) is 11.9 Å². The van der Waals surface area contributed by atoms with E-state index in [2.05, 4.69) is 0 Å². The number of carboxylic acids is 2. The van der Waals surface area contributed by atoms with Crippen molar-refractivity contribution in [3.05, 3.63) is 0 Å². The van der Waals surface area contributed by atoms with Gasteiger partial charge in [-0.25, -0.2) is 0 Å². The van der Waals surface area contributed by atoms with Crippen molar-refractivity contribution in [2.75, 3.05) is 0 Å². The lowest BCUT2D eigenvalue weighted by Gasteiger charge is -2.12. The van der Waals surface area contributed by atoms with E-state index in [4.69, 9.17) is 0 Å². The monoisotopic (exact) mass is 156 g/mol. The van der Waals surface area contributed by atoms with Gasteiger partial charge in [0.05, 0.1) is 0 Å². The van der Waals surface area contributed by atoms with E-state index in [0.717, 1.165) is 0 Å². The van der Waals surface area contributed by atoms with Crippen LogP contribution >= 0.6 is 0 Å². The maximum Gasteiger partial charge on any atom is 0.0445 e. The van der Waals surface area contributed by atoms with Crippen molar-refractivity contribution in [3.63, 3.8) is 0 Å². The molecule has 62 valence electrons. The maximum absolute atomic E-state index is 10.2. The molecule has 0 spiro atoms. The van der Waals surface area contributed by atoms with Gasteiger partial charge >= 0.3 is 0 Å². The third kappa shape index (κ3) is 1.69. The van der Waals surface area contributed by atoms with Crippen LogP contribution in [0.25, 0.3) is 0 Å². The van der Waals surface area contributed by atoms with Gasteiger partial charge in [-0.15, -0.1) is 0 Å². The smallest absolute Gasteiger partial charge is 0.0445 e. The zero-order chi connectivity index (χ0) is 8.43. The Balaban J connectivity index is 2.47. The van der Waals surface area contributed by atoms with Crippen molar-refractivity contribution in [2.45, 2.75) is 19.3 Å². The summed E-state index contributed by atoms with van der Waals surface area (Å²) in [6.07, 6.45) is 0.979. The standard InChI is InChI=1S/C7H10O4/c8-6(9)4-1-2-5(3-4)7(10)11/h4-5H,1-3H2,(H,8,9)(H,10,11)/p-2/t4-,5-/m0/s1. The van der Waals surface area contributed by atoms with E-state index in [1.54, 1.807) is 0 Å². The van der Waals surface area contributed by atoms with Gasteiger partial charge < -0.3 is 19.8 Å². The molecule has 11 heavy (non-hydrogen) atoms. The topological polar surface area (TPSA) is 80.3 Å². The second-order valence-corrected chi connectivity index (χ2v) is 2.84. The van der Waals surface area contributed by atoms with Crippen LogP contribution in [0.15, 0.2) is 0 Å². The van der Waals surface area contributed by atoms with Gasteiger partial charge in [-0.2, -0.15) is 0 Å². The molecule has 0 aromatic carbocycles. The van der Waals surface area contributed by atoms with Crippen LogP contribution in [0, 0.1) is 11.8 Å². The molecule has 0 bridgehead atoms. The molecule has 0 N–H and O–H groups in total. The van der Waals surface area contributed by atoms with Crippen LogP contribution in [0.3, 0.4) is 0 Å². The molecular weight excluding hydrogens is 148 g/mol. The Morgan fingerprint density at radius 2 is 1.36 bits per heavy atom. The van der Waals surface area contributed by atoms with Crippen LogP contribution < -0.4 is 10.2 Å². The van der Waals surface area contributed by atoms with Crippen LogP contribution in [0.2, 0.25) is 0 Å². The van der Waals surface area contributed by atoms with Gasteiger partial charge in [-0.3, -0.25) is 0 Å². The summed E-state index contributed by atoms with van der Waals surface area (Å²) in [5.74, 6) is -3.46. The molecule has 1 aliphatic rings. The molecule has 1 rings (SSSR count). The average Bonchev–Trinajstić information content (AvgIpc) is 2.33. The molecular formula is C7H8O4-2. The fraction of sp³-hybridized carbons (Fsp3) is 0.714. The van der Waals surface area contributed by atoms with Crippen molar-refractivity contribution in [1.82, 2.24) is 0 Å². The minimum absolute atomic E-state index is 0.171. The van der Waals surface area contributed by atoms with Crippen molar-refractivity contribution in [3.8, 4) is 0 Å². The minimum atomic E-state index is -1.14. The minimum Gasteiger partial charge on any atom is -0.550 e. The quantitative estimate of drug-likeness (QED) is 0.458. The van der Waals surface area contributed by atoms with E-state index >= 15 is 0 Å². The summed E-state index contributed by atoms with van der Waals surface area (Å²) in [4.78, 5) is 20.5. The number of carboxylic acid groups (broad SMARTS) is 2. The van der Waals surface area contributed by atoms with Crippen molar-refractivity contribution < 1.29 is 19.8 Å². The number of rotatable bonds is 2. The second kappa shape index (κ2) is 2.90. The first-order valence-corrected chi connectivity index (χ1v) is 3.53. The number of aliphatic carboxylic acids is 2. The third-order valence-electron chi connectivity index (χ3n) is 2.10. The summed E-state index contributed by atoms with van der Waals surface area (Å²) in [7, 11) is 0. The highest BCUT2D eigenvalue weighted by Gasteiger charge is 2.25. The summed E-state index contributed by atoms with van der Waals surface area (Å²) in [5.41, 5.74) is 0. The fourth-order valence-electron chi connectivity index (χ4n) is 1.41. The van der Waals surface area contributed by atoms with E-state index in [1.165, 1.54) is 0 Å². The molecule has 1 aliphatic carbocycles. The number of hydrogen-bond acceptors (Lipinski definition) is 4. The molecule has 2 atom stereocenters. The lowest BCUT2D eigenvalue weighted by molar-refractivity contribution is -0.313. The van der Waals surface area contributed by atoms with Crippen LogP contribution in [0.1, 0.15) is 19.3 Å². The van der Waals surface area contributed by atoms with Crippen LogP contribution in [0.4, 0.5) is 0 Å². The maximum atomic E-state index is 10.2. The average molecular weight is 156 g/mol. The zero-order valence-electron chi connectivity index (χ0n) is 5.91. The molecule has 0 unspecified atom stereocenters.